The lowest BCUT2D eigenvalue weighted by atomic mass is 10.2. The summed E-state index contributed by atoms with van der Waals surface area (Å²) in [6.07, 6.45) is 3.66. The molecule has 112 valence electrons. The number of hydrogen-bond donors (Lipinski definition) is 0. The molecule has 0 bridgehead atoms. The van der Waals surface area contributed by atoms with Gasteiger partial charge in [0.2, 0.25) is 5.16 Å². The lowest BCUT2D eigenvalue weighted by Gasteiger charge is -2.10. The zero-order valence-corrected chi connectivity index (χ0v) is 14.5. The summed E-state index contributed by atoms with van der Waals surface area (Å²) in [4.78, 5) is 0. The van der Waals surface area contributed by atoms with Gasteiger partial charge in [-0.3, -0.25) is 0 Å². The molecule has 0 amide bonds. The highest BCUT2D eigenvalue weighted by atomic mass is 79.9. The second-order valence-corrected chi connectivity index (χ2v) is 5.66. The van der Waals surface area contributed by atoms with Gasteiger partial charge in [0.15, 0.2) is 17.3 Å². The van der Waals surface area contributed by atoms with Crippen LogP contribution in [0.25, 0.3) is 0 Å². The number of ether oxygens (including phenoxy) is 2. The molecular formula is C13H15BrN4O2S. The molecule has 0 aliphatic carbocycles. The summed E-state index contributed by atoms with van der Waals surface area (Å²) < 4.78 is 13.1. The third-order valence-corrected chi connectivity index (χ3v) is 3.94. The molecule has 0 radical (unpaired) electrons. The third-order valence-electron chi connectivity index (χ3n) is 2.73. The van der Waals surface area contributed by atoms with Crippen LogP contribution in [0.1, 0.15) is 11.4 Å². The Labute approximate surface area is 135 Å². The van der Waals surface area contributed by atoms with Crippen molar-refractivity contribution in [3.05, 3.63) is 28.0 Å². The average molecular weight is 371 g/mol. The van der Waals surface area contributed by atoms with Gasteiger partial charge in [-0.25, -0.2) is 0 Å². The first kappa shape index (κ1) is 15.8. The van der Waals surface area contributed by atoms with E-state index < -0.39 is 0 Å². The van der Waals surface area contributed by atoms with Gasteiger partial charge in [0, 0.05) is 0 Å². The van der Waals surface area contributed by atoms with Gasteiger partial charge in [-0.05, 0) is 46.8 Å². The maximum Gasteiger partial charge on any atom is 0.211 e. The topological polar surface area (TPSA) is 61.5 Å². The van der Waals surface area contributed by atoms with E-state index in [9.17, 15) is 0 Å². The monoisotopic (exact) mass is 370 g/mol. The van der Waals surface area contributed by atoms with E-state index in [1.165, 1.54) is 11.8 Å². The van der Waals surface area contributed by atoms with Crippen LogP contribution in [-0.2, 0) is 0 Å². The standard InChI is InChI=1S/C13H15BrN4O2S/c1-8-16-17-13(21-4)18(8)15-7-9-5-10(14)12(20-3)11(6-9)19-2/h5-7H,1-4H3/b15-7-. The van der Waals surface area contributed by atoms with Crippen molar-refractivity contribution in [2.75, 3.05) is 20.5 Å². The normalized spacial score (nSPS) is 11.1. The first-order valence-electron chi connectivity index (χ1n) is 6.02. The predicted molar refractivity (Wildman–Crippen MR) is 86.8 cm³/mol. The maximum atomic E-state index is 5.31. The molecule has 0 saturated carbocycles. The number of halogens is 1. The van der Waals surface area contributed by atoms with Crippen LogP contribution in [0.5, 0.6) is 11.5 Å². The summed E-state index contributed by atoms with van der Waals surface area (Å²) in [5.41, 5.74) is 0.875. The minimum atomic E-state index is 0.638. The highest BCUT2D eigenvalue weighted by Crippen LogP contribution is 2.35. The molecule has 6 nitrogen and oxygen atoms in total. The van der Waals surface area contributed by atoms with Crippen molar-refractivity contribution in [1.29, 1.82) is 0 Å². The van der Waals surface area contributed by atoms with Gasteiger partial charge in [-0.15, -0.1) is 10.2 Å². The Kier molecular flexibility index (Phi) is 5.24. The molecule has 0 atom stereocenters. The smallest absolute Gasteiger partial charge is 0.211 e. The molecular weight excluding hydrogens is 356 g/mol. The first-order valence-corrected chi connectivity index (χ1v) is 8.04. The van der Waals surface area contributed by atoms with Crippen LogP contribution in [0.3, 0.4) is 0 Å². The molecule has 0 aliphatic rings. The molecule has 0 aliphatic heterocycles. The minimum Gasteiger partial charge on any atom is -0.493 e. The first-order chi connectivity index (χ1) is 10.1. The van der Waals surface area contributed by atoms with Crippen LogP contribution < -0.4 is 9.47 Å². The van der Waals surface area contributed by atoms with E-state index in [-0.39, 0.29) is 0 Å². The Morgan fingerprint density at radius 1 is 1.29 bits per heavy atom. The van der Waals surface area contributed by atoms with E-state index in [0.29, 0.717) is 11.5 Å². The summed E-state index contributed by atoms with van der Waals surface area (Å²) in [6.45, 7) is 1.86. The maximum absolute atomic E-state index is 5.31. The lowest BCUT2D eigenvalue weighted by Crippen LogP contribution is -1.97. The molecule has 0 fully saturated rings. The van der Waals surface area contributed by atoms with Crippen LogP contribution >= 0.6 is 27.7 Å². The van der Waals surface area contributed by atoms with Gasteiger partial charge in [-0.2, -0.15) is 9.78 Å². The van der Waals surface area contributed by atoms with Gasteiger partial charge >= 0.3 is 0 Å². The second kappa shape index (κ2) is 6.95. The fourth-order valence-electron chi connectivity index (χ4n) is 1.74. The van der Waals surface area contributed by atoms with Gasteiger partial charge < -0.3 is 9.47 Å². The van der Waals surface area contributed by atoms with Gasteiger partial charge in [0.25, 0.3) is 0 Å². The summed E-state index contributed by atoms with van der Waals surface area (Å²) in [5, 5.41) is 13.2. The molecule has 2 rings (SSSR count). The van der Waals surface area contributed by atoms with Crippen molar-refractivity contribution in [2.24, 2.45) is 5.10 Å². The Hall–Kier alpha value is -1.54. The van der Waals surface area contributed by atoms with E-state index in [4.69, 9.17) is 9.47 Å². The number of benzene rings is 1. The average Bonchev–Trinajstić information content (AvgIpc) is 2.84. The molecule has 21 heavy (non-hydrogen) atoms. The lowest BCUT2D eigenvalue weighted by molar-refractivity contribution is 0.353. The molecule has 8 heteroatoms. The van der Waals surface area contributed by atoms with Gasteiger partial charge in [0.05, 0.1) is 24.9 Å². The van der Waals surface area contributed by atoms with E-state index >= 15 is 0 Å². The van der Waals surface area contributed by atoms with Crippen molar-refractivity contribution < 1.29 is 9.47 Å². The summed E-state index contributed by atoms with van der Waals surface area (Å²) in [5.74, 6) is 2.02. The predicted octanol–water partition coefficient (Wildman–Crippen LogP) is 2.97. The van der Waals surface area contributed by atoms with Crippen molar-refractivity contribution in [3.8, 4) is 11.5 Å². The van der Waals surface area contributed by atoms with E-state index in [1.807, 2.05) is 25.3 Å². The molecule has 0 saturated heterocycles. The van der Waals surface area contributed by atoms with Crippen molar-refractivity contribution in [2.45, 2.75) is 12.1 Å². The van der Waals surface area contributed by atoms with Crippen LogP contribution in [0.4, 0.5) is 0 Å². The van der Waals surface area contributed by atoms with Crippen molar-refractivity contribution in [1.82, 2.24) is 14.9 Å². The number of methoxy groups -OCH3 is 2. The van der Waals surface area contributed by atoms with Gasteiger partial charge in [-0.1, -0.05) is 11.8 Å². The Bertz CT molecular complexity index is 672. The Morgan fingerprint density at radius 3 is 2.67 bits per heavy atom. The number of thioether (sulfide) groups is 1. The van der Waals surface area contributed by atoms with Crippen molar-refractivity contribution >= 4 is 33.9 Å². The molecule has 0 N–H and O–H groups in total. The number of hydrogen-bond acceptors (Lipinski definition) is 6. The van der Waals surface area contributed by atoms with Crippen LogP contribution in [0.15, 0.2) is 26.9 Å². The highest BCUT2D eigenvalue weighted by Gasteiger charge is 2.10. The zero-order chi connectivity index (χ0) is 15.4. The quantitative estimate of drug-likeness (QED) is 0.597. The van der Waals surface area contributed by atoms with Crippen LogP contribution in [-0.4, -0.2) is 41.6 Å². The Morgan fingerprint density at radius 2 is 2.05 bits per heavy atom. The molecule has 0 spiro atoms. The summed E-state index contributed by atoms with van der Waals surface area (Å²) in [6, 6.07) is 3.76. The molecule has 1 heterocycles. The van der Waals surface area contributed by atoms with Gasteiger partial charge in [0.1, 0.15) is 0 Å². The molecule has 1 aromatic carbocycles. The number of aromatic nitrogens is 3. The Balaban J connectivity index is 2.37. The van der Waals surface area contributed by atoms with Crippen molar-refractivity contribution in [3.63, 3.8) is 0 Å². The SMILES string of the molecule is COc1cc(/C=N\n2c(C)nnc2SC)cc(Br)c1OC. The second-order valence-electron chi connectivity index (χ2n) is 4.03. The highest BCUT2D eigenvalue weighted by molar-refractivity contribution is 9.10. The summed E-state index contributed by atoms with van der Waals surface area (Å²) >= 11 is 4.95. The largest absolute Gasteiger partial charge is 0.493 e. The molecule has 1 aromatic heterocycles. The third kappa shape index (κ3) is 3.38. The van der Waals surface area contributed by atoms with Crippen LogP contribution in [0.2, 0.25) is 0 Å². The van der Waals surface area contributed by atoms with Crippen LogP contribution in [0, 0.1) is 6.92 Å². The minimum absolute atomic E-state index is 0.638. The van der Waals surface area contributed by atoms with E-state index in [2.05, 4.69) is 31.2 Å². The summed E-state index contributed by atoms with van der Waals surface area (Å²) in [7, 11) is 3.20. The van der Waals surface area contributed by atoms with E-state index in [0.717, 1.165) is 21.0 Å². The number of nitrogens with zero attached hydrogens (tertiary/aromatic N) is 4. The number of rotatable bonds is 5. The zero-order valence-electron chi connectivity index (χ0n) is 12.1. The molecule has 2 aromatic rings. The fourth-order valence-corrected chi connectivity index (χ4v) is 2.83. The number of aryl methyl sites for hydroxylation is 1. The fraction of sp³-hybridized carbons (Fsp3) is 0.308. The molecule has 0 unspecified atom stereocenters. The van der Waals surface area contributed by atoms with E-state index in [1.54, 1.807) is 25.1 Å².